The average molecular weight is 272 g/mol. The second-order valence-corrected chi connectivity index (χ2v) is 5.98. The van der Waals surface area contributed by atoms with E-state index in [4.69, 9.17) is 11.6 Å². The Bertz CT molecular complexity index is 418. The topological polar surface area (TPSA) is 41.3 Å². The molecule has 1 N–H and O–H groups in total. The van der Waals surface area contributed by atoms with E-state index in [2.05, 4.69) is 30.9 Å². The maximum absolute atomic E-state index is 11.0. The molecule has 0 aliphatic carbocycles. The van der Waals surface area contributed by atoms with Crippen LogP contribution in [0.2, 0.25) is 5.02 Å². The molecule has 1 atom stereocenters. The Balaban J connectivity index is 2.36. The monoisotopic (exact) mass is 271 g/mol. The summed E-state index contributed by atoms with van der Waals surface area (Å²) in [5.74, 6) is 0. The van der Waals surface area contributed by atoms with E-state index in [1.165, 1.54) is 0 Å². The van der Waals surface area contributed by atoms with Crippen LogP contribution in [0.3, 0.4) is 0 Å². The Morgan fingerprint density at radius 2 is 2.11 bits per heavy atom. The number of aliphatic hydroxyl groups is 1. The number of hydrogen-bond acceptors (Lipinski definition) is 3. The zero-order valence-electron chi connectivity index (χ0n) is 11.4. The maximum Gasteiger partial charge on any atom is 0.109 e. The molecule has 1 aliphatic heterocycles. The number of aromatic nitrogens is 2. The highest BCUT2D eigenvalue weighted by molar-refractivity contribution is 6.31. The summed E-state index contributed by atoms with van der Waals surface area (Å²) in [5.41, 5.74) is -0.0581. The molecule has 2 rings (SSSR count). The molecule has 4 nitrogen and oxygen atoms in total. The number of likely N-dealkylation sites (tertiary alicyclic amines) is 1. The second-order valence-electron chi connectivity index (χ2n) is 5.57. The molecule has 1 aromatic rings. The van der Waals surface area contributed by atoms with Gasteiger partial charge >= 0.3 is 0 Å². The van der Waals surface area contributed by atoms with Crippen molar-refractivity contribution >= 4 is 11.6 Å². The standard InChI is InChI=1S/C13H22ClN3O/c1-10(2)17-12(11(14)9-15-17)13(18)5-4-7-16(3)8-6-13/h9-10,18H,4-8H2,1-3H3. The van der Waals surface area contributed by atoms with Crippen LogP contribution >= 0.6 is 11.6 Å². The van der Waals surface area contributed by atoms with Gasteiger partial charge in [0.15, 0.2) is 0 Å². The summed E-state index contributed by atoms with van der Waals surface area (Å²) in [5, 5.41) is 15.8. The molecule has 1 aromatic heterocycles. The molecular weight excluding hydrogens is 250 g/mol. The summed E-state index contributed by atoms with van der Waals surface area (Å²) in [7, 11) is 2.09. The first-order valence-electron chi connectivity index (χ1n) is 6.58. The van der Waals surface area contributed by atoms with Gasteiger partial charge in [0, 0.05) is 12.6 Å². The van der Waals surface area contributed by atoms with Gasteiger partial charge in [0.1, 0.15) is 5.60 Å². The first kappa shape index (κ1) is 13.8. The van der Waals surface area contributed by atoms with Crippen LogP contribution in [0.1, 0.15) is 44.8 Å². The van der Waals surface area contributed by atoms with Crippen molar-refractivity contribution in [2.24, 2.45) is 0 Å². The smallest absolute Gasteiger partial charge is 0.109 e. The van der Waals surface area contributed by atoms with E-state index < -0.39 is 5.60 Å². The van der Waals surface area contributed by atoms with Crippen molar-refractivity contribution < 1.29 is 5.11 Å². The van der Waals surface area contributed by atoms with Crippen molar-refractivity contribution in [2.75, 3.05) is 20.1 Å². The SMILES string of the molecule is CC(C)n1ncc(Cl)c1C1(O)CCCN(C)CC1. The highest BCUT2D eigenvalue weighted by Gasteiger charge is 2.36. The lowest BCUT2D eigenvalue weighted by molar-refractivity contribution is 0.0121. The molecule has 2 heterocycles. The molecule has 1 fully saturated rings. The zero-order valence-corrected chi connectivity index (χ0v) is 12.1. The van der Waals surface area contributed by atoms with E-state index in [1.54, 1.807) is 6.20 Å². The van der Waals surface area contributed by atoms with Crippen molar-refractivity contribution in [1.29, 1.82) is 0 Å². The molecule has 1 unspecified atom stereocenters. The fourth-order valence-electron chi connectivity index (χ4n) is 2.66. The van der Waals surface area contributed by atoms with E-state index in [1.807, 2.05) is 4.68 Å². The third-order valence-electron chi connectivity index (χ3n) is 3.72. The van der Waals surface area contributed by atoms with Crippen molar-refractivity contribution in [3.8, 4) is 0 Å². The van der Waals surface area contributed by atoms with Gasteiger partial charge in [0.2, 0.25) is 0 Å². The van der Waals surface area contributed by atoms with Crippen LogP contribution in [-0.2, 0) is 5.60 Å². The Labute approximate surface area is 114 Å². The Kier molecular flexibility index (Phi) is 3.99. The van der Waals surface area contributed by atoms with E-state index in [9.17, 15) is 5.11 Å². The third kappa shape index (κ3) is 2.56. The van der Waals surface area contributed by atoms with Crippen LogP contribution in [-0.4, -0.2) is 39.9 Å². The van der Waals surface area contributed by atoms with Gasteiger partial charge in [-0.15, -0.1) is 0 Å². The molecule has 1 saturated heterocycles. The van der Waals surface area contributed by atoms with Crippen LogP contribution in [0.25, 0.3) is 0 Å². The van der Waals surface area contributed by atoms with E-state index in [0.29, 0.717) is 11.4 Å². The number of nitrogens with zero attached hydrogens (tertiary/aromatic N) is 3. The minimum absolute atomic E-state index is 0.206. The van der Waals surface area contributed by atoms with Crippen molar-refractivity contribution in [2.45, 2.75) is 44.8 Å². The predicted molar refractivity (Wildman–Crippen MR) is 72.9 cm³/mol. The molecule has 0 bridgehead atoms. The lowest BCUT2D eigenvalue weighted by Crippen LogP contribution is -2.31. The highest BCUT2D eigenvalue weighted by Crippen LogP contribution is 2.37. The van der Waals surface area contributed by atoms with E-state index >= 15 is 0 Å². The molecule has 18 heavy (non-hydrogen) atoms. The molecular formula is C13H22ClN3O. The van der Waals surface area contributed by atoms with Crippen molar-refractivity contribution in [1.82, 2.24) is 14.7 Å². The minimum atomic E-state index is -0.845. The quantitative estimate of drug-likeness (QED) is 0.898. The van der Waals surface area contributed by atoms with Gasteiger partial charge in [-0.3, -0.25) is 4.68 Å². The second kappa shape index (κ2) is 5.19. The zero-order chi connectivity index (χ0) is 13.3. The number of rotatable bonds is 2. The molecule has 1 aliphatic rings. The van der Waals surface area contributed by atoms with Gasteiger partial charge in [0.25, 0.3) is 0 Å². The fraction of sp³-hybridized carbons (Fsp3) is 0.769. The van der Waals surface area contributed by atoms with Gasteiger partial charge in [-0.2, -0.15) is 5.10 Å². The highest BCUT2D eigenvalue weighted by atomic mass is 35.5. The lowest BCUT2D eigenvalue weighted by atomic mass is 9.90. The number of halogens is 1. The summed E-state index contributed by atoms with van der Waals surface area (Å²) in [6.07, 6.45) is 4.08. The number of hydrogen-bond donors (Lipinski definition) is 1. The summed E-state index contributed by atoms with van der Waals surface area (Å²) in [4.78, 5) is 2.25. The van der Waals surface area contributed by atoms with Crippen molar-refractivity contribution in [3.63, 3.8) is 0 Å². The first-order chi connectivity index (χ1) is 8.44. The molecule has 0 radical (unpaired) electrons. The van der Waals surface area contributed by atoms with Gasteiger partial charge in [-0.05, 0) is 46.7 Å². The normalized spacial score (nSPS) is 26.6. The molecule has 0 amide bonds. The van der Waals surface area contributed by atoms with Gasteiger partial charge in [0.05, 0.1) is 16.9 Å². The van der Waals surface area contributed by atoms with Crippen LogP contribution in [0.15, 0.2) is 6.20 Å². The van der Waals surface area contributed by atoms with Gasteiger partial charge < -0.3 is 10.0 Å². The summed E-state index contributed by atoms with van der Waals surface area (Å²) in [6, 6.07) is 0.206. The first-order valence-corrected chi connectivity index (χ1v) is 6.96. The summed E-state index contributed by atoms with van der Waals surface area (Å²) >= 11 is 6.24. The van der Waals surface area contributed by atoms with Crippen LogP contribution in [0, 0.1) is 0 Å². The van der Waals surface area contributed by atoms with Crippen molar-refractivity contribution in [3.05, 3.63) is 16.9 Å². The van der Waals surface area contributed by atoms with Crippen LogP contribution < -0.4 is 0 Å². The van der Waals surface area contributed by atoms with E-state index in [0.717, 1.165) is 31.6 Å². The Morgan fingerprint density at radius 1 is 1.39 bits per heavy atom. The Morgan fingerprint density at radius 3 is 2.78 bits per heavy atom. The largest absolute Gasteiger partial charge is 0.383 e. The van der Waals surface area contributed by atoms with Gasteiger partial charge in [-0.1, -0.05) is 11.6 Å². The summed E-state index contributed by atoms with van der Waals surface area (Å²) < 4.78 is 1.85. The maximum atomic E-state index is 11.0. The molecule has 5 heteroatoms. The lowest BCUT2D eigenvalue weighted by Gasteiger charge is -2.29. The van der Waals surface area contributed by atoms with E-state index in [-0.39, 0.29) is 6.04 Å². The summed E-state index contributed by atoms with van der Waals surface area (Å²) in [6.45, 7) is 6.02. The third-order valence-corrected chi connectivity index (χ3v) is 3.99. The van der Waals surface area contributed by atoms with Crippen LogP contribution in [0.4, 0.5) is 0 Å². The van der Waals surface area contributed by atoms with Crippen LogP contribution in [0.5, 0.6) is 0 Å². The molecule has 0 spiro atoms. The Hall–Kier alpha value is -0.580. The van der Waals surface area contributed by atoms with Gasteiger partial charge in [-0.25, -0.2) is 0 Å². The average Bonchev–Trinajstić information content (AvgIpc) is 2.61. The fourth-order valence-corrected chi connectivity index (χ4v) is 2.97. The molecule has 0 aromatic carbocycles. The molecule has 102 valence electrons. The predicted octanol–water partition coefficient (Wildman–Crippen LogP) is 2.42. The minimum Gasteiger partial charge on any atom is -0.383 e. The molecule has 0 saturated carbocycles.